The van der Waals surface area contributed by atoms with Gasteiger partial charge < -0.3 is 0 Å². The van der Waals surface area contributed by atoms with Crippen LogP contribution in [-0.4, -0.2) is 19.6 Å². The van der Waals surface area contributed by atoms with E-state index < -0.39 is 19.6 Å². The minimum Gasteiger partial charge on any atom is -0.289 e. The molecule has 0 spiro atoms. The minimum absolute atomic E-state index is 0.238. The summed E-state index contributed by atoms with van der Waals surface area (Å²) in [5.74, 6) is -1.04. The van der Waals surface area contributed by atoms with Crippen LogP contribution in [0.5, 0.6) is 0 Å². The third-order valence-corrected chi connectivity index (χ3v) is 8.87. The van der Waals surface area contributed by atoms with E-state index in [2.05, 4.69) is 79.6 Å². The van der Waals surface area contributed by atoms with E-state index in [-0.39, 0.29) is 4.48 Å². The zero-order valence-corrected chi connectivity index (χ0v) is 13.7. The molecule has 7 heteroatoms. The summed E-state index contributed by atoms with van der Waals surface area (Å²) < 4.78 is 0.0394. The molecule has 1 rings (SSSR count). The molecular formula is C6HBr5O2. The molecule has 0 N–H and O–H groups in total. The van der Waals surface area contributed by atoms with Crippen molar-refractivity contribution in [1.29, 1.82) is 0 Å². The quantitative estimate of drug-likeness (QED) is 0.375. The van der Waals surface area contributed by atoms with Gasteiger partial charge in [0.25, 0.3) is 0 Å². The topological polar surface area (TPSA) is 34.1 Å². The van der Waals surface area contributed by atoms with Gasteiger partial charge in [0.15, 0.2) is 0 Å². The molecule has 0 aromatic carbocycles. The summed E-state index contributed by atoms with van der Waals surface area (Å²) in [6, 6.07) is 0. The normalized spacial score (nSPS) is 28.2. The van der Waals surface area contributed by atoms with E-state index in [0.29, 0.717) is 4.48 Å². The highest BCUT2D eigenvalue weighted by molar-refractivity contribution is 9.27. The van der Waals surface area contributed by atoms with Crippen LogP contribution in [0.1, 0.15) is 0 Å². The van der Waals surface area contributed by atoms with Gasteiger partial charge in [0, 0.05) is 4.48 Å². The largest absolute Gasteiger partial charge is 0.289 e. The Kier molecular flexibility index (Phi) is 4.01. The van der Waals surface area contributed by atoms with Crippen molar-refractivity contribution >= 4 is 91.2 Å². The zero-order chi connectivity index (χ0) is 10.4. The van der Waals surface area contributed by atoms with Gasteiger partial charge in [-0.3, -0.25) is 9.59 Å². The van der Waals surface area contributed by atoms with Crippen molar-refractivity contribution in [3.63, 3.8) is 0 Å². The molecule has 0 heterocycles. The first-order chi connectivity index (χ1) is 5.80. The minimum atomic E-state index is -0.760. The van der Waals surface area contributed by atoms with Crippen molar-refractivity contribution in [1.82, 2.24) is 0 Å². The maximum absolute atomic E-state index is 11.4. The number of alkyl halides is 3. The fourth-order valence-electron chi connectivity index (χ4n) is 0.745. The zero-order valence-electron chi connectivity index (χ0n) is 5.78. The lowest BCUT2D eigenvalue weighted by atomic mass is 10.1. The van der Waals surface area contributed by atoms with Crippen molar-refractivity contribution in [2.24, 2.45) is 0 Å². The second kappa shape index (κ2) is 4.15. The maximum atomic E-state index is 11.4. The fraction of sp³-hybridized carbons (Fsp3) is 0.333. The predicted octanol–water partition coefficient (Wildman–Crippen LogP) is 3.39. The van der Waals surface area contributed by atoms with Crippen LogP contribution in [0, 0.1) is 0 Å². The first kappa shape index (κ1) is 12.5. The molecule has 0 aromatic heterocycles. The van der Waals surface area contributed by atoms with Crippen LogP contribution in [-0.2, 0) is 9.59 Å². The van der Waals surface area contributed by atoms with E-state index in [1.54, 1.807) is 0 Å². The summed E-state index contributed by atoms with van der Waals surface area (Å²) in [5, 5.41) is 0. The highest BCUT2D eigenvalue weighted by Gasteiger charge is 2.48. The first-order valence-corrected chi connectivity index (χ1v) is 7.05. The molecule has 72 valence electrons. The van der Waals surface area contributed by atoms with Gasteiger partial charge >= 0.3 is 0 Å². The van der Waals surface area contributed by atoms with Gasteiger partial charge in [-0.05, 0) is 15.9 Å². The Balaban J connectivity index is 3.34. The summed E-state index contributed by atoms with van der Waals surface area (Å²) in [7, 11) is 0. The highest BCUT2D eigenvalue weighted by atomic mass is 79.9. The van der Waals surface area contributed by atoms with E-state index in [0.717, 1.165) is 0 Å². The van der Waals surface area contributed by atoms with E-state index >= 15 is 0 Å². The van der Waals surface area contributed by atoms with E-state index in [9.17, 15) is 9.59 Å². The Labute approximate surface area is 117 Å². The van der Waals surface area contributed by atoms with Crippen molar-refractivity contribution in [3.05, 3.63) is 8.96 Å². The van der Waals surface area contributed by atoms with Crippen LogP contribution < -0.4 is 0 Å². The number of Topliss-reactive ketones (excluding diaryl/α,β-unsaturated/α-hetero) is 2. The average molecular weight is 505 g/mol. The standard InChI is InChI=1S/C6HBr5O2/c7-1-2(12)3(13)5(9)6(10,11)4(1)8/h5H. The molecule has 1 atom stereocenters. The van der Waals surface area contributed by atoms with Gasteiger partial charge in [-0.25, -0.2) is 0 Å². The van der Waals surface area contributed by atoms with Gasteiger partial charge in [-0.2, -0.15) is 0 Å². The van der Waals surface area contributed by atoms with Crippen molar-refractivity contribution in [3.8, 4) is 0 Å². The summed E-state index contributed by atoms with van der Waals surface area (Å²) in [4.78, 5) is 22.0. The molecule has 0 fully saturated rings. The van der Waals surface area contributed by atoms with E-state index in [1.807, 2.05) is 0 Å². The summed E-state index contributed by atoms with van der Waals surface area (Å²) in [6.45, 7) is 0. The highest BCUT2D eigenvalue weighted by Crippen LogP contribution is 2.50. The number of carbonyl (C=O) groups excluding carboxylic acids is 2. The Morgan fingerprint density at radius 1 is 1.15 bits per heavy atom. The smallest absolute Gasteiger partial charge is 0.237 e. The predicted molar refractivity (Wildman–Crippen MR) is 68.2 cm³/mol. The maximum Gasteiger partial charge on any atom is 0.237 e. The van der Waals surface area contributed by atoms with Crippen molar-refractivity contribution in [2.45, 2.75) is 8.06 Å². The van der Waals surface area contributed by atoms with Crippen LogP contribution in [0.25, 0.3) is 0 Å². The third-order valence-electron chi connectivity index (χ3n) is 1.46. The molecule has 1 aliphatic carbocycles. The lowest BCUT2D eigenvalue weighted by Crippen LogP contribution is -2.42. The molecule has 1 aliphatic rings. The van der Waals surface area contributed by atoms with E-state index in [1.165, 1.54) is 0 Å². The molecule has 0 bridgehead atoms. The number of halogens is 5. The lowest BCUT2D eigenvalue weighted by molar-refractivity contribution is -0.133. The molecule has 0 aliphatic heterocycles. The lowest BCUT2D eigenvalue weighted by Gasteiger charge is -2.29. The van der Waals surface area contributed by atoms with Crippen LogP contribution in [0.15, 0.2) is 8.96 Å². The Morgan fingerprint density at radius 2 is 1.62 bits per heavy atom. The monoisotopic (exact) mass is 500 g/mol. The molecular weight excluding hydrogens is 504 g/mol. The number of allylic oxidation sites excluding steroid dienone is 2. The van der Waals surface area contributed by atoms with Gasteiger partial charge in [0.1, 0.15) is 8.06 Å². The summed E-state index contributed by atoms with van der Waals surface area (Å²) in [5.41, 5.74) is 0. The Morgan fingerprint density at radius 3 is 2.08 bits per heavy atom. The third kappa shape index (κ3) is 2.04. The summed E-state index contributed by atoms with van der Waals surface area (Å²) >= 11 is 16.0. The van der Waals surface area contributed by atoms with Crippen LogP contribution >= 0.6 is 79.6 Å². The molecule has 0 saturated carbocycles. The first-order valence-electron chi connectivity index (χ1n) is 2.96. The number of hydrogen-bond donors (Lipinski definition) is 0. The summed E-state index contributed by atoms with van der Waals surface area (Å²) in [6.07, 6.45) is 0. The Hall–Kier alpha value is 1.48. The molecule has 0 amide bonds. The van der Waals surface area contributed by atoms with Gasteiger partial charge in [-0.1, -0.05) is 63.7 Å². The van der Waals surface area contributed by atoms with Crippen LogP contribution in [0.2, 0.25) is 0 Å². The van der Waals surface area contributed by atoms with Gasteiger partial charge in [-0.15, -0.1) is 0 Å². The van der Waals surface area contributed by atoms with Crippen LogP contribution in [0.3, 0.4) is 0 Å². The number of rotatable bonds is 0. The molecule has 13 heavy (non-hydrogen) atoms. The van der Waals surface area contributed by atoms with Crippen LogP contribution in [0.4, 0.5) is 0 Å². The molecule has 1 unspecified atom stereocenters. The molecule has 0 saturated heterocycles. The molecule has 0 aromatic rings. The number of hydrogen-bond acceptors (Lipinski definition) is 2. The number of ketones is 2. The average Bonchev–Trinajstić information content (AvgIpc) is 2.09. The SMILES string of the molecule is O=C1C(=O)C(Br)C(Br)(Br)C(Br)=C1Br. The van der Waals surface area contributed by atoms with Crippen molar-refractivity contribution in [2.75, 3.05) is 0 Å². The van der Waals surface area contributed by atoms with Crippen molar-refractivity contribution < 1.29 is 9.59 Å². The fourth-order valence-corrected chi connectivity index (χ4v) is 3.75. The van der Waals surface area contributed by atoms with Gasteiger partial charge in [0.05, 0.1) is 4.48 Å². The number of carbonyl (C=O) groups is 2. The molecule has 0 radical (unpaired) electrons. The Bertz CT molecular complexity index is 319. The molecule has 2 nitrogen and oxygen atoms in total. The van der Waals surface area contributed by atoms with Gasteiger partial charge in [0.2, 0.25) is 11.6 Å². The second-order valence-electron chi connectivity index (χ2n) is 2.31. The van der Waals surface area contributed by atoms with E-state index in [4.69, 9.17) is 0 Å². The second-order valence-corrected chi connectivity index (χ2v) is 8.37.